The van der Waals surface area contributed by atoms with Crippen LogP contribution in [0, 0.1) is 0 Å². The number of thiophene rings is 1. The van der Waals surface area contributed by atoms with Crippen LogP contribution >= 0.6 is 11.3 Å². The molecule has 1 heterocycles. The van der Waals surface area contributed by atoms with Crippen molar-refractivity contribution in [3.63, 3.8) is 0 Å². The van der Waals surface area contributed by atoms with Crippen LogP contribution in [0.15, 0.2) is 41.8 Å². The van der Waals surface area contributed by atoms with E-state index in [1.54, 1.807) is 11.3 Å². The highest BCUT2D eigenvalue weighted by Gasteiger charge is 2.21. The normalized spacial score (nSPS) is 13.5. The Hall–Kier alpha value is -1.65. The van der Waals surface area contributed by atoms with Crippen LogP contribution in [0.4, 0.5) is 0 Å². The van der Waals surface area contributed by atoms with Gasteiger partial charge in [0.15, 0.2) is 0 Å². The van der Waals surface area contributed by atoms with E-state index in [-0.39, 0.29) is 18.0 Å². The molecule has 0 aliphatic heterocycles. The van der Waals surface area contributed by atoms with Gasteiger partial charge in [-0.2, -0.15) is 0 Å². The Bertz CT molecular complexity index is 592. The van der Waals surface area contributed by atoms with E-state index in [9.17, 15) is 4.79 Å². The molecule has 0 bridgehead atoms. The monoisotopic (exact) mass is 330 g/mol. The maximum atomic E-state index is 12.0. The number of benzene rings is 1. The first kappa shape index (κ1) is 17.7. The van der Waals surface area contributed by atoms with E-state index in [2.05, 4.69) is 59.3 Å². The van der Waals surface area contributed by atoms with Gasteiger partial charge in [0.05, 0.1) is 12.1 Å². The Morgan fingerprint density at radius 3 is 2.48 bits per heavy atom. The van der Waals surface area contributed by atoms with Gasteiger partial charge in [-0.25, -0.2) is 0 Å². The zero-order chi connectivity index (χ0) is 16.7. The third-order valence-electron chi connectivity index (χ3n) is 3.84. The third-order valence-corrected chi connectivity index (χ3v) is 4.78. The smallest absolute Gasteiger partial charge is 0.236 e. The highest BCUT2D eigenvalue weighted by Crippen LogP contribution is 2.27. The quantitative estimate of drug-likeness (QED) is 0.770. The van der Waals surface area contributed by atoms with E-state index in [0.29, 0.717) is 6.54 Å². The molecule has 2 aromatic rings. The van der Waals surface area contributed by atoms with Gasteiger partial charge in [0.2, 0.25) is 5.91 Å². The molecule has 124 valence electrons. The summed E-state index contributed by atoms with van der Waals surface area (Å²) >= 11 is 1.71. The average Bonchev–Trinajstić information content (AvgIpc) is 3.08. The summed E-state index contributed by atoms with van der Waals surface area (Å²) in [5.74, 6) is 0.0386. The Balaban J connectivity index is 2.19. The second-order valence-corrected chi connectivity index (χ2v) is 6.70. The second kappa shape index (κ2) is 8.85. The predicted octanol–water partition coefficient (Wildman–Crippen LogP) is 3.90. The van der Waals surface area contributed by atoms with Gasteiger partial charge >= 0.3 is 0 Å². The molecule has 4 heteroatoms. The molecular weight excluding hydrogens is 304 g/mol. The Morgan fingerprint density at radius 1 is 1.17 bits per heavy atom. The van der Waals surface area contributed by atoms with Crippen molar-refractivity contribution in [2.45, 2.75) is 45.7 Å². The average molecular weight is 330 g/mol. The molecule has 1 aromatic heterocycles. The lowest BCUT2D eigenvalue weighted by Gasteiger charge is -2.22. The minimum absolute atomic E-state index is 0.0386. The Labute approximate surface area is 143 Å². The fourth-order valence-electron chi connectivity index (χ4n) is 2.62. The van der Waals surface area contributed by atoms with Crippen molar-refractivity contribution in [2.75, 3.05) is 6.54 Å². The van der Waals surface area contributed by atoms with Crippen molar-refractivity contribution in [3.05, 3.63) is 57.8 Å². The molecular formula is C19H26N2OS. The molecule has 0 saturated heterocycles. The molecule has 2 rings (SSSR count). The van der Waals surface area contributed by atoms with Crippen molar-refractivity contribution < 1.29 is 4.79 Å². The summed E-state index contributed by atoms with van der Waals surface area (Å²) in [4.78, 5) is 13.3. The lowest BCUT2D eigenvalue weighted by Crippen LogP contribution is -2.43. The summed E-state index contributed by atoms with van der Waals surface area (Å²) in [7, 11) is 0. The largest absolute Gasteiger partial charge is 0.355 e. The highest BCUT2D eigenvalue weighted by atomic mass is 32.1. The van der Waals surface area contributed by atoms with Gasteiger partial charge < -0.3 is 5.32 Å². The van der Waals surface area contributed by atoms with Gasteiger partial charge in [-0.05, 0) is 42.8 Å². The van der Waals surface area contributed by atoms with Gasteiger partial charge in [-0.3, -0.25) is 10.1 Å². The number of hydrogen-bond acceptors (Lipinski definition) is 3. The number of likely N-dealkylation sites (N-methyl/N-ethyl adjacent to an activating group) is 1. The summed E-state index contributed by atoms with van der Waals surface area (Å²) in [5.41, 5.74) is 2.56. The minimum atomic E-state index is -0.239. The van der Waals surface area contributed by atoms with E-state index in [1.807, 2.05) is 13.8 Å². The Kier molecular flexibility index (Phi) is 6.81. The summed E-state index contributed by atoms with van der Waals surface area (Å²) in [6.07, 6.45) is 2.26. The second-order valence-electron chi connectivity index (χ2n) is 5.72. The van der Waals surface area contributed by atoms with Crippen molar-refractivity contribution in [1.29, 1.82) is 0 Å². The first-order valence-corrected chi connectivity index (χ1v) is 9.19. The van der Waals surface area contributed by atoms with Crippen molar-refractivity contribution in [3.8, 4) is 0 Å². The van der Waals surface area contributed by atoms with Crippen LogP contribution in [0.3, 0.4) is 0 Å². The summed E-state index contributed by atoms with van der Waals surface area (Å²) in [5, 5.41) is 8.42. The predicted molar refractivity (Wildman–Crippen MR) is 97.9 cm³/mol. The van der Waals surface area contributed by atoms with E-state index >= 15 is 0 Å². The molecule has 0 radical (unpaired) electrons. The third kappa shape index (κ3) is 4.91. The van der Waals surface area contributed by atoms with Crippen LogP contribution in [0.1, 0.15) is 49.2 Å². The SMILES string of the molecule is CCCc1ccc([C@@H](N[C@@H](C)C(=O)NCC)c2cccs2)cc1. The van der Waals surface area contributed by atoms with E-state index in [4.69, 9.17) is 0 Å². The van der Waals surface area contributed by atoms with Crippen LogP contribution < -0.4 is 10.6 Å². The van der Waals surface area contributed by atoms with Crippen molar-refractivity contribution in [2.24, 2.45) is 0 Å². The molecule has 0 aliphatic rings. The van der Waals surface area contributed by atoms with Gasteiger partial charge in [0, 0.05) is 11.4 Å². The van der Waals surface area contributed by atoms with Gasteiger partial charge in [0.25, 0.3) is 0 Å². The molecule has 23 heavy (non-hydrogen) atoms. The highest BCUT2D eigenvalue weighted by molar-refractivity contribution is 7.10. The van der Waals surface area contributed by atoms with Crippen molar-refractivity contribution in [1.82, 2.24) is 10.6 Å². The Morgan fingerprint density at radius 2 is 1.91 bits per heavy atom. The number of hydrogen-bond donors (Lipinski definition) is 2. The van der Waals surface area contributed by atoms with Gasteiger partial charge in [-0.1, -0.05) is 43.7 Å². The molecule has 0 unspecified atom stereocenters. The number of nitrogens with one attached hydrogen (secondary N) is 2. The van der Waals surface area contributed by atoms with E-state index in [0.717, 1.165) is 12.8 Å². The van der Waals surface area contributed by atoms with Crippen LogP contribution in [-0.2, 0) is 11.2 Å². The first-order chi connectivity index (χ1) is 11.2. The minimum Gasteiger partial charge on any atom is -0.355 e. The molecule has 0 spiro atoms. The van der Waals surface area contributed by atoms with Crippen LogP contribution in [0.2, 0.25) is 0 Å². The molecule has 2 N–H and O–H groups in total. The summed E-state index contributed by atoms with van der Waals surface area (Å²) < 4.78 is 0. The number of amides is 1. The molecule has 0 saturated carbocycles. The molecule has 2 atom stereocenters. The fraction of sp³-hybridized carbons (Fsp3) is 0.421. The standard InChI is InChI=1S/C19H26N2OS/c1-4-7-15-9-11-16(12-10-15)18(17-8-6-13-23-17)21-14(3)19(22)20-5-2/h6,8-14,18,21H,4-5,7H2,1-3H3,(H,20,22)/t14-,18+/m0/s1. The molecule has 3 nitrogen and oxygen atoms in total. The van der Waals surface area contributed by atoms with Crippen LogP contribution in [0.25, 0.3) is 0 Å². The number of rotatable bonds is 8. The zero-order valence-corrected chi connectivity index (χ0v) is 15.0. The molecule has 1 aromatic carbocycles. The lowest BCUT2D eigenvalue weighted by atomic mass is 10.0. The maximum absolute atomic E-state index is 12.0. The molecule has 1 amide bonds. The maximum Gasteiger partial charge on any atom is 0.236 e. The van der Waals surface area contributed by atoms with E-state index < -0.39 is 0 Å². The van der Waals surface area contributed by atoms with Crippen LogP contribution in [-0.4, -0.2) is 18.5 Å². The zero-order valence-electron chi connectivity index (χ0n) is 14.1. The summed E-state index contributed by atoms with van der Waals surface area (Å²) in [6, 6.07) is 12.7. The number of carbonyl (C=O) groups is 1. The van der Waals surface area contributed by atoms with Crippen LogP contribution in [0.5, 0.6) is 0 Å². The van der Waals surface area contributed by atoms with Gasteiger partial charge in [-0.15, -0.1) is 11.3 Å². The van der Waals surface area contributed by atoms with Crippen molar-refractivity contribution >= 4 is 17.2 Å². The fourth-order valence-corrected chi connectivity index (χ4v) is 3.43. The molecule has 0 aliphatic carbocycles. The topological polar surface area (TPSA) is 41.1 Å². The summed E-state index contributed by atoms with van der Waals surface area (Å²) in [6.45, 7) is 6.70. The first-order valence-electron chi connectivity index (χ1n) is 8.31. The molecule has 0 fully saturated rings. The lowest BCUT2D eigenvalue weighted by molar-refractivity contribution is -0.122. The number of aryl methyl sites for hydroxylation is 1. The van der Waals surface area contributed by atoms with Gasteiger partial charge in [0.1, 0.15) is 0 Å². The van der Waals surface area contributed by atoms with E-state index in [1.165, 1.54) is 16.0 Å². The number of carbonyl (C=O) groups excluding carboxylic acids is 1.